The average Bonchev–Trinajstić information content (AvgIpc) is 3.18. The van der Waals surface area contributed by atoms with Gasteiger partial charge in [-0.15, -0.1) is 0 Å². The maximum atomic E-state index is 12.2. The fourth-order valence-corrected chi connectivity index (χ4v) is 3.04. The molecule has 26 heavy (non-hydrogen) atoms. The zero-order valence-electron chi connectivity index (χ0n) is 14.6. The van der Waals surface area contributed by atoms with E-state index in [1.807, 2.05) is 12.1 Å². The molecule has 1 aliphatic carbocycles. The molecule has 136 valence electrons. The molecule has 1 N–H and O–H groups in total. The van der Waals surface area contributed by atoms with Crippen molar-refractivity contribution in [3.63, 3.8) is 0 Å². The third-order valence-electron chi connectivity index (χ3n) is 4.45. The SMILES string of the molecule is COC(=O)C(NC(=O)/C=C/c1ccc(C2CC2C)o1)c1ccc(Br)cc1. The molecule has 1 aliphatic rings. The van der Waals surface area contributed by atoms with Crippen molar-refractivity contribution in [2.24, 2.45) is 5.92 Å². The number of rotatable bonds is 6. The van der Waals surface area contributed by atoms with Gasteiger partial charge in [-0.2, -0.15) is 0 Å². The monoisotopic (exact) mass is 417 g/mol. The van der Waals surface area contributed by atoms with Gasteiger partial charge in [-0.3, -0.25) is 4.79 Å². The van der Waals surface area contributed by atoms with Crippen molar-refractivity contribution < 1.29 is 18.7 Å². The molecule has 0 spiro atoms. The van der Waals surface area contributed by atoms with Gasteiger partial charge in [-0.1, -0.05) is 35.0 Å². The normalized spacial score (nSPS) is 20.0. The lowest BCUT2D eigenvalue weighted by Crippen LogP contribution is -2.33. The third-order valence-corrected chi connectivity index (χ3v) is 4.98. The topological polar surface area (TPSA) is 68.5 Å². The van der Waals surface area contributed by atoms with Crippen molar-refractivity contribution in [2.75, 3.05) is 7.11 Å². The number of benzene rings is 1. The van der Waals surface area contributed by atoms with E-state index >= 15 is 0 Å². The number of nitrogens with one attached hydrogen (secondary N) is 1. The third kappa shape index (κ3) is 4.43. The smallest absolute Gasteiger partial charge is 0.333 e. The van der Waals surface area contributed by atoms with Crippen LogP contribution in [-0.2, 0) is 14.3 Å². The highest BCUT2D eigenvalue weighted by atomic mass is 79.9. The lowest BCUT2D eigenvalue weighted by atomic mass is 10.1. The molecule has 2 aromatic rings. The summed E-state index contributed by atoms with van der Waals surface area (Å²) in [6.45, 7) is 2.19. The number of carbonyl (C=O) groups is 2. The molecule has 3 atom stereocenters. The standard InChI is InChI=1S/C20H20BrNO4/c1-12-11-16(12)17-9-7-15(26-17)8-10-18(23)22-19(20(24)25-2)13-3-5-14(21)6-4-13/h3-10,12,16,19H,11H2,1-2H3,(H,22,23)/b10-8+. The number of ether oxygens (including phenoxy) is 1. The maximum Gasteiger partial charge on any atom is 0.333 e. The summed E-state index contributed by atoms with van der Waals surface area (Å²) >= 11 is 3.35. The quantitative estimate of drug-likeness (QED) is 0.564. The molecular formula is C20H20BrNO4. The van der Waals surface area contributed by atoms with Crippen LogP contribution < -0.4 is 5.32 Å². The minimum Gasteiger partial charge on any atom is -0.467 e. The maximum absolute atomic E-state index is 12.2. The highest BCUT2D eigenvalue weighted by Crippen LogP contribution is 2.47. The van der Waals surface area contributed by atoms with Crippen LogP contribution in [0.1, 0.15) is 42.4 Å². The first-order chi connectivity index (χ1) is 12.5. The van der Waals surface area contributed by atoms with Crippen LogP contribution in [0.4, 0.5) is 0 Å². The zero-order chi connectivity index (χ0) is 18.7. The highest BCUT2D eigenvalue weighted by molar-refractivity contribution is 9.10. The molecule has 1 saturated carbocycles. The van der Waals surface area contributed by atoms with Crippen molar-refractivity contribution in [3.05, 3.63) is 64.0 Å². The summed E-state index contributed by atoms with van der Waals surface area (Å²) in [4.78, 5) is 24.3. The van der Waals surface area contributed by atoms with Crippen LogP contribution in [0.3, 0.4) is 0 Å². The van der Waals surface area contributed by atoms with Gasteiger partial charge in [0, 0.05) is 16.5 Å². The number of furan rings is 1. The first-order valence-corrected chi connectivity index (χ1v) is 9.19. The Morgan fingerprint density at radius 2 is 1.96 bits per heavy atom. The molecule has 0 radical (unpaired) electrons. The summed E-state index contributed by atoms with van der Waals surface area (Å²) < 4.78 is 11.4. The summed E-state index contributed by atoms with van der Waals surface area (Å²) in [6.07, 6.45) is 4.10. The summed E-state index contributed by atoms with van der Waals surface area (Å²) in [7, 11) is 1.29. The first kappa shape index (κ1) is 18.5. The Balaban J connectivity index is 1.66. The molecule has 1 heterocycles. The Bertz CT molecular complexity index is 825. The molecule has 1 fully saturated rings. The minimum absolute atomic E-state index is 0.402. The second-order valence-corrected chi connectivity index (χ2v) is 7.32. The summed E-state index contributed by atoms with van der Waals surface area (Å²) in [5, 5.41) is 2.67. The molecule has 0 saturated heterocycles. The molecule has 1 aromatic heterocycles. The van der Waals surface area contributed by atoms with E-state index in [1.165, 1.54) is 13.2 Å². The molecule has 3 rings (SSSR count). The van der Waals surface area contributed by atoms with Gasteiger partial charge in [0.15, 0.2) is 6.04 Å². The van der Waals surface area contributed by atoms with Crippen LogP contribution in [0.25, 0.3) is 6.08 Å². The minimum atomic E-state index is -0.871. The van der Waals surface area contributed by atoms with Gasteiger partial charge in [-0.25, -0.2) is 4.79 Å². The first-order valence-electron chi connectivity index (χ1n) is 8.39. The second-order valence-electron chi connectivity index (χ2n) is 6.41. The van der Waals surface area contributed by atoms with Crippen LogP contribution in [-0.4, -0.2) is 19.0 Å². The lowest BCUT2D eigenvalue weighted by molar-refractivity contribution is -0.144. The van der Waals surface area contributed by atoms with Crippen LogP contribution in [0.15, 0.2) is 51.4 Å². The molecular weight excluding hydrogens is 398 g/mol. The van der Waals surface area contributed by atoms with E-state index in [4.69, 9.17) is 9.15 Å². The predicted octanol–water partition coefficient (Wildman–Crippen LogP) is 4.21. The Hall–Kier alpha value is -2.34. The van der Waals surface area contributed by atoms with E-state index < -0.39 is 17.9 Å². The van der Waals surface area contributed by atoms with Crippen LogP contribution >= 0.6 is 15.9 Å². The lowest BCUT2D eigenvalue weighted by Gasteiger charge is -2.15. The fourth-order valence-electron chi connectivity index (χ4n) is 2.78. The highest BCUT2D eigenvalue weighted by Gasteiger charge is 2.36. The Morgan fingerprint density at radius 3 is 2.58 bits per heavy atom. The molecule has 0 aliphatic heterocycles. The predicted molar refractivity (Wildman–Crippen MR) is 101 cm³/mol. The molecule has 3 unspecified atom stereocenters. The van der Waals surface area contributed by atoms with Gasteiger partial charge >= 0.3 is 5.97 Å². The molecule has 5 nitrogen and oxygen atoms in total. The van der Waals surface area contributed by atoms with Gasteiger partial charge in [0.1, 0.15) is 11.5 Å². The number of carbonyl (C=O) groups excluding carboxylic acids is 2. The zero-order valence-corrected chi connectivity index (χ0v) is 16.2. The molecule has 1 amide bonds. The number of hydrogen-bond acceptors (Lipinski definition) is 4. The van der Waals surface area contributed by atoms with E-state index in [0.29, 0.717) is 23.2 Å². The van der Waals surface area contributed by atoms with Crippen molar-refractivity contribution in [1.29, 1.82) is 0 Å². The molecule has 1 aromatic carbocycles. The fraction of sp³-hybridized carbons (Fsp3) is 0.300. The number of hydrogen-bond donors (Lipinski definition) is 1. The average molecular weight is 418 g/mol. The van der Waals surface area contributed by atoms with Crippen LogP contribution in [0.2, 0.25) is 0 Å². The summed E-state index contributed by atoms with van der Waals surface area (Å²) in [5.41, 5.74) is 0.643. The number of methoxy groups -OCH3 is 1. The van der Waals surface area contributed by atoms with E-state index in [9.17, 15) is 9.59 Å². The summed E-state index contributed by atoms with van der Waals surface area (Å²) in [5.74, 6) is 1.80. The van der Waals surface area contributed by atoms with Crippen molar-refractivity contribution in [1.82, 2.24) is 5.32 Å². The Labute approximate surface area is 160 Å². The van der Waals surface area contributed by atoms with Gasteiger partial charge in [0.2, 0.25) is 5.91 Å². The van der Waals surface area contributed by atoms with E-state index in [2.05, 4.69) is 28.2 Å². The van der Waals surface area contributed by atoms with E-state index in [1.54, 1.807) is 30.3 Å². The second kappa shape index (κ2) is 7.91. The van der Waals surface area contributed by atoms with Gasteiger partial charge in [-0.05, 0) is 48.2 Å². The number of amides is 1. The molecule has 6 heteroatoms. The van der Waals surface area contributed by atoms with Crippen molar-refractivity contribution >= 4 is 33.9 Å². The van der Waals surface area contributed by atoms with Crippen LogP contribution in [0.5, 0.6) is 0 Å². The Morgan fingerprint density at radius 1 is 1.27 bits per heavy atom. The van der Waals surface area contributed by atoms with Gasteiger partial charge < -0.3 is 14.5 Å². The molecule has 0 bridgehead atoms. The van der Waals surface area contributed by atoms with Gasteiger partial charge in [0.05, 0.1) is 7.11 Å². The Kier molecular flexibility index (Phi) is 5.61. The largest absolute Gasteiger partial charge is 0.467 e. The van der Waals surface area contributed by atoms with Crippen molar-refractivity contribution in [3.8, 4) is 0 Å². The van der Waals surface area contributed by atoms with Gasteiger partial charge in [0.25, 0.3) is 0 Å². The van der Waals surface area contributed by atoms with E-state index in [-0.39, 0.29) is 0 Å². The van der Waals surface area contributed by atoms with Crippen molar-refractivity contribution in [2.45, 2.75) is 25.3 Å². The number of halogens is 1. The van der Waals surface area contributed by atoms with E-state index in [0.717, 1.165) is 16.7 Å². The number of esters is 1. The summed E-state index contributed by atoms with van der Waals surface area (Å²) in [6, 6.07) is 10.0. The van der Waals surface area contributed by atoms with Crippen LogP contribution in [0, 0.1) is 5.92 Å².